The van der Waals surface area contributed by atoms with Crippen molar-refractivity contribution in [1.29, 1.82) is 0 Å². The van der Waals surface area contributed by atoms with Crippen LogP contribution in [0.25, 0.3) is 43.1 Å². The summed E-state index contributed by atoms with van der Waals surface area (Å²) in [5.41, 5.74) is 13.0. The Balaban J connectivity index is 0.758. The van der Waals surface area contributed by atoms with Gasteiger partial charge in [-0.05, 0) is 78.6 Å². The van der Waals surface area contributed by atoms with Gasteiger partial charge < -0.3 is 43.0 Å². The first-order valence-electron chi connectivity index (χ1n) is 19.6. The minimum atomic E-state index is 0.0412. The van der Waals surface area contributed by atoms with Gasteiger partial charge in [-0.1, -0.05) is 29.5 Å². The van der Waals surface area contributed by atoms with Crippen molar-refractivity contribution in [2.24, 2.45) is 7.05 Å². The summed E-state index contributed by atoms with van der Waals surface area (Å²) < 4.78 is 21.8. The molecule has 0 bridgehead atoms. The van der Waals surface area contributed by atoms with E-state index < -0.39 is 0 Å². The topological polar surface area (TPSA) is 91.1 Å². The smallest absolute Gasteiger partial charge is 0.298 e. The van der Waals surface area contributed by atoms with Gasteiger partial charge in [0, 0.05) is 97.5 Å². The molecule has 12 heteroatoms. The molecule has 4 aromatic heterocycles. The van der Waals surface area contributed by atoms with E-state index in [9.17, 15) is 0 Å². The summed E-state index contributed by atoms with van der Waals surface area (Å²) in [6.45, 7) is 6.55. The Kier molecular flexibility index (Phi) is 7.92. The second-order valence-electron chi connectivity index (χ2n) is 15.5. The average Bonchev–Trinajstić information content (AvgIpc) is 4.02. The number of aromatic amines is 1. The van der Waals surface area contributed by atoms with Crippen LogP contribution in [0.1, 0.15) is 22.5 Å². The van der Waals surface area contributed by atoms with E-state index in [4.69, 9.17) is 23.9 Å². The third-order valence-corrected chi connectivity index (χ3v) is 13.3. The van der Waals surface area contributed by atoms with Crippen LogP contribution in [0.4, 0.5) is 22.5 Å². The maximum atomic E-state index is 6.45. The van der Waals surface area contributed by atoms with Crippen LogP contribution in [0.15, 0.2) is 83.3 Å². The number of aromatic nitrogens is 4. The number of para-hydroxylation sites is 1. The number of nitrogens with one attached hydrogen (secondary N) is 1. The summed E-state index contributed by atoms with van der Waals surface area (Å²) in [6.07, 6.45) is 2.01. The van der Waals surface area contributed by atoms with Crippen LogP contribution in [-0.2, 0) is 37.7 Å². The lowest BCUT2D eigenvalue weighted by atomic mass is 10.0. The van der Waals surface area contributed by atoms with Gasteiger partial charge >= 0.3 is 0 Å². The van der Waals surface area contributed by atoms with Gasteiger partial charge in [-0.25, -0.2) is 4.98 Å². The summed E-state index contributed by atoms with van der Waals surface area (Å²) in [4.78, 5) is 23.0. The fraction of sp³-hybridized carbons (Fsp3) is 0.318. The largest absolute Gasteiger partial charge is 0.497 e. The third kappa shape index (κ3) is 5.64. The van der Waals surface area contributed by atoms with E-state index >= 15 is 0 Å². The van der Waals surface area contributed by atoms with Crippen molar-refractivity contribution >= 4 is 77.0 Å². The highest BCUT2D eigenvalue weighted by atomic mass is 32.1. The lowest BCUT2D eigenvalue weighted by Crippen LogP contribution is -2.47. The van der Waals surface area contributed by atoms with E-state index in [0.717, 1.165) is 91.8 Å². The zero-order valence-electron chi connectivity index (χ0n) is 31.9. The van der Waals surface area contributed by atoms with E-state index in [0.29, 0.717) is 12.6 Å². The highest BCUT2D eigenvalue weighted by Crippen LogP contribution is 2.37. The molecule has 0 spiro atoms. The van der Waals surface area contributed by atoms with Gasteiger partial charge in [-0.2, -0.15) is 4.98 Å². The number of fused-ring (bicyclic) bond motifs is 8. The van der Waals surface area contributed by atoms with Crippen molar-refractivity contribution in [2.75, 3.05) is 73.1 Å². The number of ether oxygens (including phenoxy) is 2. The molecule has 0 aliphatic carbocycles. The first kappa shape index (κ1) is 33.6. The Morgan fingerprint density at radius 2 is 1.70 bits per heavy atom. The summed E-state index contributed by atoms with van der Waals surface area (Å²) in [5.74, 6) is 0.901. The molecule has 0 amide bonds. The Labute approximate surface area is 328 Å². The van der Waals surface area contributed by atoms with Crippen molar-refractivity contribution in [2.45, 2.75) is 32.0 Å². The molecule has 11 nitrogen and oxygen atoms in total. The van der Waals surface area contributed by atoms with Gasteiger partial charge in [0.1, 0.15) is 11.3 Å². The standard InChI is InChI=1S/C44H44N8O3S/c1-48(44-47-37-12-9-28(21-42(37)56-44)50-16-14-31-34-22-29(53-3)10-13-35(34)45-38(31)25-50)23-30-24-51(18-19-54-30)27-8-11-36-41(20-27)55-43(46-36)52-17-15-33-32-6-4-5-7-39(32)49(2)40(33)26-52/h4-13,20-22,30,45H,14-19,23-26H2,1-3H3. The molecule has 3 aliphatic rings. The Bertz CT molecular complexity index is 2780. The zero-order valence-corrected chi connectivity index (χ0v) is 32.7. The zero-order chi connectivity index (χ0) is 37.5. The molecule has 1 fully saturated rings. The van der Waals surface area contributed by atoms with Crippen LogP contribution in [0, 0.1) is 0 Å². The van der Waals surface area contributed by atoms with Gasteiger partial charge in [0.25, 0.3) is 6.01 Å². The van der Waals surface area contributed by atoms with Crippen molar-refractivity contribution in [3.8, 4) is 5.75 Å². The number of H-pyrrole nitrogens is 1. The molecule has 11 rings (SSSR count). The van der Waals surface area contributed by atoms with Crippen LogP contribution >= 0.6 is 11.3 Å². The molecule has 1 atom stereocenters. The molecule has 4 aromatic carbocycles. The van der Waals surface area contributed by atoms with Crippen LogP contribution in [0.5, 0.6) is 5.75 Å². The first-order valence-corrected chi connectivity index (χ1v) is 20.4. The molecular weight excluding hydrogens is 721 g/mol. The van der Waals surface area contributed by atoms with Crippen molar-refractivity contribution in [3.63, 3.8) is 0 Å². The Morgan fingerprint density at radius 1 is 0.857 bits per heavy atom. The molecule has 56 heavy (non-hydrogen) atoms. The van der Waals surface area contributed by atoms with Crippen LogP contribution in [0.2, 0.25) is 0 Å². The fourth-order valence-electron chi connectivity index (χ4n) is 9.18. The van der Waals surface area contributed by atoms with E-state index in [2.05, 4.69) is 116 Å². The highest BCUT2D eigenvalue weighted by molar-refractivity contribution is 7.22. The number of benzene rings is 4. The predicted molar refractivity (Wildman–Crippen MR) is 226 cm³/mol. The number of aryl methyl sites for hydroxylation is 1. The minimum absolute atomic E-state index is 0.0412. The van der Waals surface area contributed by atoms with E-state index in [-0.39, 0.29) is 6.10 Å². The van der Waals surface area contributed by atoms with Gasteiger partial charge in [0.15, 0.2) is 10.7 Å². The number of oxazole rings is 1. The lowest BCUT2D eigenvalue weighted by Gasteiger charge is -2.36. The maximum absolute atomic E-state index is 6.45. The van der Waals surface area contributed by atoms with Crippen LogP contribution in [0.3, 0.4) is 0 Å². The SMILES string of the molecule is COc1ccc2[nH]c3c(c2c1)CCN(c1ccc2nc(N(C)CC4CN(c5ccc6nc(N7CCc8c(n(C)c9ccccc89)C7)oc6c5)CCO4)sc2c1)C3. The molecular formula is C44H44N8O3S. The first-order chi connectivity index (χ1) is 27.5. The number of hydrogen-bond donors (Lipinski definition) is 1. The average molecular weight is 765 g/mol. The maximum Gasteiger partial charge on any atom is 0.298 e. The van der Waals surface area contributed by atoms with Gasteiger partial charge in [0.2, 0.25) is 0 Å². The Hall–Kier alpha value is -5.72. The van der Waals surface area contributed by atoms with Gasteiger partial charge in [0.05, 0.1) is 43.1 Å². The van der Waals surface area contributed by atoms with Crippen molar-refractivity contribution in [3.05, 3.63) is 101 Å². The number of nitrogens with zero attached hydrogens (tertiary/aromatic N) is 7. The quantitative estimate of drug-likeness (QED) is 0.174. The van der Waals surface area contributed by atoms with Gasteiger partial charge in [-0.3, -0.25) is 0 Å². The summed E-state index contributed by atoms with van der Waals surface area (Å²) in [7, 11) is 6.02. The number of anilines is 4. The normalized spacial score (nSPS) is 17.3. The van der Waals surface area contributed by atoms with Crippen LogP contribution < -0.4 is 24.3 Å². The predicted octanol–water partition coefficient (Wildman–Crippen LogP) is 7.89. The van der Waals surface area contributed by atoms with E-state index in [1.54, 1.807) is 18.4 Å². The molecule has 7 heterocycles. The molecule has 3 aliphatic heterocycles. The highest BCUT2D eigenvalue weighted by Gasteiger charge is 2.28. The molecule has 1 N–H and O–H groups in total. The molecule has 1 saturated heterocycles. The number of hydrogen-bond acceptors (Lipinski definition) is 10. The fourth-order valence-corrected chi connectivity index (χ4v) is 10.2. The lowest BCUT2D eigenvalue weighted by molar-refractivity contribution is 0.0459. The summed E-state index contributed by atoms with van der Waals surface area (Å²) >= 11 is 1.75. The summed E-state index contributed by atoms with van der Waals surface area (Å²) in [5, 5.41) is 3.64. The molecule has 0 saturated carbocycles. The van der Waals surface area contributed by atoms with Crippen molar-refractivity contribution in [1.82, 2.24) is 19.5 Å². The third-order valence-electron chi connectivity index (χ3n) is 12.2. The van der Waals surface area contributed by atoms with E-state index in [1.807, 2.05) is 6.07 Å². The summed E-state index contributed by atoms with van der Waals surface area (Å²) in [6, 6.07) is 28.8. The minimum Gasteiger partial charge on any atom is -0.497 e. The molecule has 0 radical (unpaired) electrons. The van der Waals surface area contributed by atoms with Crippen LogP contribution in [-0.4, -0.2) is 79.1 Å². The molecule has 284 valence electrons. The second-order valence-corrected chi connectivity index (χ2v) is 16.5. The van der Waals surface area contributed by atoms with Crippen molar-refractivity contribution < 1.29 is 13.9 Å². The molecule has 1 unspecified atom stereocenters. The number of morpholine rings is 1. The number of thiazole rings is 1. The number of methoxy groups -OCH3 is 1. The Morgan fingerprint density at radius 3 is 2.61 bits per heavy atom. The number of likely N-dealkylation sites (N-methyl/N-ethyl adjacent to an activating group) is 1. The number of rotatable bonds is 7. The van der Waals surface area contributed by atoms with E-state index in [1.165, 1.54) is 54.7 Å². The monoisotopic (exact) mass is 764 g/mol. The van der Waals surface area contributed by atoms with Gasteiger partial charge in [-0.15, -0.1) is 0 Å². The second kappa shape index (κ2) is 13.2. The molecule has 8 aromatic rings.